The Kier molecular flexibility index (Phi) is 8.31. The maximum atomic E-state index is 15.8. The number of ether oxygens (including phenoxy) is 1. The van der Waals surface area contributed by atoms with Crippen molar-refractivity contribution in [1.29, 1.82) is 0 Å². The number of likely N-dealkylation sites (tertiary alicyclic amines) is 2. The third-order valence-corrected chi connectivity index (χ3v) is 10.6. The summed E-state index contributed by atoms with van der Waals surface area (Å²) in [7, 11) is 1.74. The quantitative estimate of drug-likeness (QED) is 0.235. The van der Waals surface area contributed by atoms with Crippen LogP contribution in [0.1, 0.15) is 55.2 Å². The maximum Gasteiger partial charge on any atom is 0.410 e. The van der Waals surface area contributed by atoms with Crippen molar-refractivity contribution in [2.45, 2.75) is 70.3 Å². The van der Waals surface area contributed by atoms with E-state index in [4.69, 9.17) is 9.84 Å². The van der Waals surface area contributed by atoms with Gasteiger partial charge in [0, 0.05) is 69.7 Å². The van der Waals surface area contributed by atoms with Gasteiger partial charge in [0.1, 0.15) is 23.3 Å². The predicted octanol–water partition coefficient (Wildman–Crippen LogP) is 5.58. The van der Waals surface area contributed by atoms with Crippen LogP contribution in [0.4, 0.5) is 39.5 Å². The van der Waals surface area contributed by atoms with E-state index in [1.165, 1.54) is 16.8 Å². The van der Waals surface area contributed by atoms with Crippen LogP contribution in [0.5, 0.6) is 0 Å². The molecule has 3 aromatic heterocycles. The van der Waals surface area contributed by atoms with Crippen LogP contribution in [-0.4, -0.2) is 105 Å². The highest BCUT2D eigenvalue weighted by Crippen LogP contribution is 2.50. The summed E-state index contributed by atoms with van der Waals surface area (Å²) in [6, 6.07) is 8.30. The second-order valence-corrected chi connectivity index (χ2v) is 15.5. The van der Waals surface area contributed by atoms with E-state index >= 15 is 13.2 Å². The molecule has 2 amide bonds. The number of carbonyl (C=O) groups is 2. The number of nitrogens with one attached hydrogen (secondary N) is 2. The fourth-order valence-corrected chi connectivity index (χ4v) is 7.71. The second kappa shape index (κ2) is 12.6. The minimum Gasteiger partial charge on any atom is -0.444 e. The van der Waals surface area contributed by atoms with Crippen molar-refractivity contribution >= 4 is 34.8 Å². The Morgan fingerprint density at radius 1 is 1.08 bits per heavy atom. The molecule has 1 spiro atoms. The molecule has 16 heteroatoms. The van der Waals surface area contributed by atoms with Crippen molar-refractivity contribution in [3.05, 3.63) is 65.4 Å². The molecule has 53 heavy (non-hydrogen) atoms. The second-order valence-electron chi connectivity index (χ2n) is 15.5. The van der Waals surface area contributed by atoms with E-state index in [1.54, 1.807) is 34.0 Å². The minimum atomic E-state index is -3.09. The van der Waals surface area contributed by atoms with E-state index in [1.807, 2.05) is 34.1 Å². The molecular formula is C37H41F4N9O3. The first kappa shape index (κ1) is 35.1. The van der Waals surface area contributed by atoms with Crippen molar-refractivity contribution in [2.24, 2.45) is 5.41 Å². The number of anilines is 3. The molecule has 8 rings (SSSR count). The van der Waals surface area contributed by atoms with E-state index < -0.39 is 53.5 Å². The van der Waals surface area contributed by atoms with Gasteiger partial charge in [-0.1, -0.05) is 12.1 Å². The lowest BCUT2D eigenvalue weighted by atomic mass is 9.69. The normalized spacial score (nSPS) is 21.7. The number of halogens is 4. The fourth-order valence-electron chi connectivity index (χ4n) is 7.71. The Labute approximate surface area is 303 Å². The number of fused-ring (bicyclic) bond motifs is 2. The number of rotatable bonds is 7. The molecule has 1 saturated carbocycles. The van der Waals surface area contributed by atoms with Gasteiger partial charge in [-0.15, -0.1) is 5.10 Å². The number of alkyl halides is 3. The Hall–Kier alpha value is -4.99. The molecular weight excluding hydrogens is 694 g/mol. The number of hydrogen-bond acceptors (Lipinski definition) is 9. The number of imidazole rings is 1. The molecule has 3 aliphatic heterocycles. The van der Waals surface area contributed by atoms with Crippen LogP contribution in [-0.2, 0) is 17.7 Å². The first-order chi connectivity index (χ1) is 25.1. The van der Waals surface area contributed by atoms with E-state index in [-0.39, 0.29) is 50.4 Å². The minimum absolute atomic E-state index is 0.131. The largest absolute Gasteiger partial charge is 0.444 e. The van der Waals surface area contributed by atoms with Gasteiger partial charge >= 0.3 is 6.09 Å². The predicted molar refractivity (Wildman–Crippen MR) is 189 cm³/mol. The molecule has 12 nitrogen and oxygen atoms in total. The monoisotopic (exact) mass is 735 g/mol. The van der Waals surface area contributed by atoms with E-state index in [0.717, 1.165) is 16.2 Å². The number of amides is 2. The third-order valence-electron chi connectivity index (χ3n) is 10.6. The first-order valence-electron chi connectivity index (χ1n) is 17.8. The van der Waals surface area contributed by atoms with Crippen LogP contribution in [0.25, 0.3) is 16.9 Å². The molecule has 1 aliphatic carbocycles. The van der Waals surface area contributed by atoms with Crippen LogP contribution < -0.4 is 15.5 Å². The van der Waals surface area contributed by atoms with Gasteiger partial charge in [-0.2, -0.15) is 0 Å². The summed E-state index contributed by atoms with van der Waals surface area (Å²) in [5.74, 6) is -3.53. The Balaban J connectivity index is 0.972. The van der Waals surface area contributed by atoms with E-state index in [2.05, 4.69) is 20.6 Å². The topological polar surface area (TPSA) is 120 Å². The summed E-state index contributed by atoms with van der Waals surface area (Å²) in [5, 5.41) is 10.5. The summed E-state index contributed by atoms with van der Waals surface area (Å²) >= 11 is 0. The summed E-state index contributed by atoms with van der Waals surface area (Å²) in [4.78, 5) is 39.2. The number of nitrogens with zero attached hydrogens (tertiary/aromatic N) is 7. The number of benzene rings is 1. The molecule has 4 aromatic rings. The van der Waals surface area contributed by atoms with Gasteiger partial charge in [0.15, 0.2) is 17.2 Å². The van der Waals surface area contributed by atoms with Gasteiger partial charge in [-0.05, 0) is 56.9 Å². The lowest BCUT2D eigenvalue weighted by Crippen LogP contribution is -2.70. The lowest BCUT2D eigenvalue weighted by Gasteiger charge is -2.57. The molecule has 280 valence electrons. The standard InChI is InChI=1S/C37H41F4N9O3/c1-35(2,3)53-34(52)48-11-9-36(37(40,41)20-48)18-47(19-36)17-21-12-25(39)31(43-15-21)23-6-5-7-28-22(23)8-10-49(28)30-14-27(42-4)32-44-16-29(50(32)46-30)33(51)45-26-13-24(26)38/h5-7,12,14-16,24,26,42H,8-11,13,17-20H2,1-4H3,(H,45,51)/t24-,26+/m0/s1. The summed E-state index contributed by atoms with van der Waals surface area (Å²) in [6.45, 7) is 5.66. The zero-order chi connectivity index (χ0) is 37.4. The fraction of sp³-hybridized carbons (Fsp3) is 0.486. The number of carbonyl (C=O) groups excluding carboxylic acids is 2. The van der Waals surface area contributed by atoms with E-state index in [9.17, 15) is 14.0 Å². The molecule has 2 atom stereocenters. The Bertz CT molecular complexity index is 2110. The molecule has 2 N–H and O–H groups in total. The van der Waals surface area contributed by atoms with Gasteiger partial charge in [0.25, 0.3) is 11.8 Å². The Morgan fingerprint density at radius 2 is 1.85 bits per heavy atom. The van der Waals surface area contributed by atoms with Crippen molar-refractivity contribution in [2.75, 3.05) is 50.0 Å². The lowest BCUT2D eigenvalue weighted by molar-refractivity contribution is -0.223. The van der Waals surface area contributed by atoms with Gasteiger partial charge in [-0.25, -0.2) is 31.9 Å². The molecule has 2 saturated heterocycles. The number of pyridine rings is 1. The summed E-state index contributed by atoms with van der Waals surface area (Å²) < 4.78 is 66.9. The van der Waals surface area contributed by atoms with Crippen LogP contribution in [0.3, 0.4) is 0 Å². The van der Waals surface area contributed by atoms with Crippen LogP contribution in [0, 0.1) is 11.2 Å². The summed E-state index contributed by atoms with van der Waals surface area (Å²) in [6.07, 6.45) is 2.23. The molecule has 0 bridgehead atoms. The average Bonchev–Trinajstić information content (AvgIpc) is 3.41. The molecule has 0 radical (unpaired) electrons. The Morgan fingerprint density at radius 3 is 2.53 bits per heavy atom. The first-order valence-corrected chi connectivity index (χ1v) is 17.8. The van der Waals surface area contributed by atoms with Gasteiger partial charge in [0.05, 0.1) is 29.9 Å². The zero-order valence-corrected chi connectivity index (χ0v) is 29.9. The molecule has 0 unspecified atom stereocenters. The molecule has 4 aliphatic rings. The van der Waals surface area contributed by atoms with E-state index in [0.29, 0.717) is 41.2 Å². The average molecular weight is 736 g/mol. The van der Waals surface area contributed by atoms with Crippen molar-refractivity contribution < 1.29 is 31.9 Å². The number of hydrogen-bond donors (Lipinski definition) is 2. The van der Waals surface area contributed by atoms with Crippen LogP contribution >= 0.6 is 0 Å². The van der Waals surface area contributed by atoms with Crippen molar-refractivity contribution in [3.8, 4) is 11.3 Å². The molecule has 3 fully saturated rings. The smallest absolute Gasteiger partial charge is 0.410 e. The SMILES string of the molecule is CNc1cc(N2CCc3c(-c4ncc(CN5CC6(CCN(C(=O)OC(C)(C)C)CC6(F)F)C5)cc4F)cccc32)nn2c(C(=O)N[C@@H]3C[C@@H]3F)cnc12. The molecule has 6 heterocycles. The van der Waals surface area contributed by atoms with Gasteiger partial charge in [-0.3, -0.25) is 14.7 Å². The third kappa shape index (κ3) is 6.29. The highest BCUT2D eigenvalue weighted by Gasteiger charge is 2.63. The number of piperidine rings is 1. The highest BCUT2D eigenvalue weighted by atomic mass is 19.3. The van der Waals surface area contributed by atoms with Gasteiger partial charge < -0.3 is 25.2 Å². The zero-order valence-electron chi connectivity index (χ0n) is 29.9. The highest BCUT2D eigenvalue weighted by molar-refractivity contribution is 5.94. The molecule has 1 aromatic carbocycles. The summed E-state index contributed by atoms with van der Waals surface area (Å²) in [5.41, 5.74) is 2.34. The maximum absolute atomic E-state index is 15.8. The van der Waals surface area contributed by atoms with Crippen LogP contribution in [0.2, 0.25) is 0 Å². The van der Waals surface area contributed by atoms with Crippen molar-refractivity contribution in [3.63, 3.8) is 0 Å². The van der Waals surface area contributed by atoms with Gasteiger partial charge in [0.2, 0.25) is 0 Å². The number of aromatic nitrogens is 4. The van der Waals surface area contributed by atoms with Crippen molar-refractivity contribution in [1.82, 2.24) is 34.7 Å². The van der Waals surface area contributed by atoms with Crippen LogP contribution in [0.15, 0.2) is 42.7 Å².